The van der Waals surface area contributed by atoms with Crippen LogP contribution in [0.2, 0.25) is 0 Å². The molecule has 1 aliphatic heterocycles. The molecule has 1 saturated heterocycles. The lowest BCUT2D eigenvalue weighted by atomic mass is 10.0. The number of hydrogen-bond acceptors (Lipinski definition) is 2. The minimum absolute atomic E-state index is 0.00900. The van der Waals surface area contributed by atoms with Gasteiger partial charge in [0.1, 0.15) is 0 Å². The molecule has 1 aliphatic rings. The van der Waals surface area contributed by atoms with Crippen molar-refractivity contribution in [1.29, 1.82) is 0 Å². The lowest BCUT2D eigenvalue weighted by Gasteiger charge is -2.34. The van der Waals surface area contributed by atoms with E-state index in [2.05, 4.69) is 0 Å². The number of hydrogen-bond donors (Lipinski definition) is 2. The molecule has 0 aliphatic carbocycles. The number of amides is 1. The predicted molar refractivity (Wildman–Crippen MR) is 37.1 cm³/mol. The average molecular weight is 180 g/mol. The molecule has 0 aromatic rings. The number of carbonyl (C=O) groups is 1. The second kappa shape index (κ2) is 2.85. The number of carboxylic acid groups (broad SMARTS) is 1. The van der Waals surface area contributed by atoms with Crippen molar-refractivity contribution in [2.45, 2.75) is 18.4 Å². The van der Waals surface area contributed by atoms with Crippen molar-refractivity contribution >= 4 is 6.09 Å². The van der Waals surface area contributed by atoms with E-state index >= 15 is 0 Å². The van der Waals surface area contributed by atoms with E-state index in [1.165, 1.54) is 0 Å². The van der Waals surface area contributed by atoms with E-state index < -0.39 is 31.0 Å². The zero-order chi connectivity index (χ0) is 9.35. The Morgan fingerprint density at radius 3 is 2.67 bits per heavy atom. The molecule has 1 atom stereocenters. The third-order valence-electron chi connectivity index (χ3n) is 1.71. The second-order valence-electron chi connectivity index (χ2n) is 2.98. The topological polar surface area (TPSA) is 66.6 Å². The minimum atomic E-state index is -2.98. The van der Waals surface area contributed by atoms with Crippen LogP contribution in [0.25, 0.3) is 0 Å². The largest absolute Gasteiger partial charge is 0.465 e. The first-order valence-electron chi connectivity index (χ1n) is 3.52. The lowest BCUT2D eigenvalue weighted by Crippen LogP contribution is -2.53. The number of likely N-dealkylation sites (tertiary alicyclic amines) is 1. The van der Waals surface area contributed by atoms with Crippen LogP contribution in [0, 0.1) is 0 Å². The first-order valence-corrected chi connectivity index (χ1v) is 3.52. The van der Waals surface area contributed by atoms with Gasteiger partial charge in [0, 0.05) is 19.0 Å². The van der Waals surface area contributed by atoms with Gasteiger partial charge in [-0.3, -0.25) is 0 Å². The van der Waals surface area contributed by atoms with Crippen LogP contribution in [0.3, 0.4) is 0 Å². The summed E-state index contributed by atoms with van der Waals surface area (Å²) < 4.78 is 25.4. The van der Waals surface area contributed by atoms with Crippen LogP contribution >= 0.6 is 0 Å². The normalized spacial score (nSPS) is 28.6. The molecule has 0 aromatic carbocycles. The summed E-state index contributed by atoms with van der Waals surface area (Å²) in [6.45, 7) is -0.749. The number of piperidine rings is 1. The fourth-order valence-electron chi connectivity index (χ4n) is 1.29. The van der Waals surface area contributed by atoms with Crippen LogP contribution in [0.4, 0.5) is 13.6 Å². The van der Waals surface area contributed by atoms with Gasteiger partial charge in [-0.05, 0) is 0 Å². The lowest BCUT2D eigenvalue weighted by molar-refractivity contribution is -0.0637. The third kappa shape index (κ3) is 2.04. The van der Waals surface area contributed by atoms with Gasteiger partial charge in [-0.25, -0.2) is 13.6 Å². The molecule has 0 radical (unpaired) electrons. The van der Waals surface area contributed by atoms with Gasteiger partial charge in [0.2, 0.25) is 0 Å². The molecule has 70 valence electrons. The van der Waals surface area contributed by atoms with E-state index in [1.54, 1.807) is 0 Å². The van der Waals surface area contributed by atoms with Gasteiger partial charge >= 0.3 is 6.09 Å². The highest BCUT2D eigenvalue weighted by molar-refractivity contribution is 5.65. The van der Waals surface area contributed by atoms with Crippen molar-refractivity contribution in [2.75, 3.05) is 13.1 Å². The highest BCUT2D eigenvalue weighted by atomic mass is 19.3. The third-order valence-corrected chi connectivity index (χ3v) is 1.71. The second-order valence-corrected chi connectivity index (χ2v) is 2.98. The van der Waals surface area contributed by atoms with Crippen LogP contribution in [-0.2, 0) is 0 Å². The molecule has 0 saturated carbocycles. The summed E-state index contributed by atoms with van der Waals surface area (Å²) >= 11 is 0. The Hall–Kier alpha value is -0.910. The minimum Gasteiger partial charge on any atom is -0.465 e. The summed E-state index contributed by atoms with van der Waals surface area (Å²) in [4.78, 5) is 11.0. The maximum Gasteiger partial charge on any atom is 0.407 e. The molecule has 1 heterocycles. The van der Waals surface area contributed by atoms with Gasteiger partial charge in [-0.2, -0.15) is 0 Å². The molecule has 3 N–H and O–H groups in total. The maximum atomic E-state index is 12.7. The first-order chi connectivity index (χ1) is 5.41. The molecule has 0 bridgehead atoms. The Labute approximate surface area is 67.9 Å². The van der Waals surface area contributed by atoms with E-state index in [0.29, 0.717) is 4.90 Å². The van der Waals surface area contributed by atoms with Gasteiger partial charge in [0.05, 0.1) is 6.54 Å². The SMILES string of the molecule is NC1CN(C(=O)O)CC(F)(F)C1. The number of nitrogens with two attached hydrogens (primary N) is 1. The van der Waals surface area contributed by atoms with Gasteiger partial charge in [0.25, 0.3) is 5.92 Å². The quantitative estimate of drug-likeness (QED) is 0.564. The molecule has 1 unspecified atom stereocenters. The van der Waals surface area contributed by atoms with E-state index in [4.69, 9.17) is 10.8 Å². The van der Waals surface area contributed by atoms with Crippen LogP contribution in [-0.4, -0.2) is 41.2 Å². The number of alkyl halides is 2. The Kier molecular flexibility index (Phi) is 2.18. The highest BCUT2D eigenvalue weighted by Gasteiger charge is 2.40. The van der Waals surface area contributed by atoms with Crippen molar-refractivity contribution in [3.63, 3.8) is 0 Å². The van der Waals surface area contributed by atoms with Gasteiger partial charge in [-0.15, -0.1) is 0 Å². The Balaban J connectivity index is 2.64. The van der Waals surface area contributed by atoms with Gasteiger partial charge in [0.15, 0.2) is 0 Å². The Bertz CT molecular complexity index is 198. The molecule has 0 aromatic heterocycles. The summed E-state index contributed by atoms with van der Waals surface area (Å²) in [6, 6.07) is -0.759. The fraction of sp³-hybridized carbons (Fsp3) is 0.833. The van der Waals surface area contributed by atoms with E-state index in [0.717, 1.165) is 0 Å². The zero-order valence-corrected chi connectivity index (χ0v) is 6.33. The van der Waals surface area contributed by atoms with Crippen molar-refractivity contribution in [3.05, 3.63) is 0 Å². The number of nitrogens with zero attached hydrogens (tertiary/aromatic N) is 1. The summed E-state index contributed by atoms with van der Waals surface area (Å²) in [5.41, 5.74) is 5.25. The van der Waals surface area contributed by atoms with Crippen molar-refractivity contribution < 1.29 is 18.7 Å². The Morgan fingerprint density at radius 2 is 2.25 bits per heavy atom. The predicted octanol–water partition coefficient (Wildman–Crippen LogP) is 0.333. The van der Waals surface area contributed by atoms with Crippen molar-refractivity contribution in [3.8, 4) is 0 Å². The van der Waals surface area contributed by atoms with E-state index in [-0.39, 0.29) is 6.54 Å². The molecular formula is C6H10F2N2O2. The van der Waals surface area contributed by atoms with Gasteiger partial charge in [-0.1, -0.05) is 0 Å². The molecule has 1 rings (SSSR count). The Morgan fingerprint density at radius 1 is 1.67 bits per heavy atom. The summed E-state index contributed by atoms with van der Waals surface area (Å²) in [5, 5.41) is 8.43. The van der Waals surface area contributed by atoms with E-state index in [1.807, 2.05) is 0 Å². The molecule has 4 nitrogen and oxygen atoms in total. The number of rotatable bonds is 0. The molecule has 1 amide bonds. The zero-order valence-electron chi connectivity index (χ0n) is 6.33. The molecule has 12 heavy (non-hydrogen) atoms. The number of halogens is 2. The smallest absolute Gasteiger partial charge is 0.407 e. The fourth-order valence-corrected chi connectivity index (χ4v) is 1.29. The van der Waals surface area contributed by atoms with Gasteiger partial charge < -0.3 is 15.7 Å². The van der Waals surface area contributed by atoms with Crippen LogP contribution in [0.5, 0.6) is 0 Å². The molecule has 6 heteroatoms. The molecular weight excluding hydrogens is 170 g/mol. The monoisotopic (exact) mass is 180 g/mol. The van der Waals surface area contributed by atoms with E-state index in [9.17, 15) is 13.6 Å². The van der Waals surface area contributed by atoms with Crippen molar-refractivity contribution in [2.24, 2.45) is 5.73 Å². The maximum absolute atomic E-state index is 12.7. The van der Waals surface area contributed by atoms with Crippen molar-refractivity contribution in [1.82, 2.24) is 4.90 Å². The summed E-state index contributed by atoms with van der Waals surface area (Å²) in [6.07, 6.45) is -1.78. The summed E-state index contributed by atoms with van der Waals surface area (Å²) in [7, 11) is 0. The molecule has 1 fully saturated rings. The van der Waals surface area contributed by atoms with Crippen LogP contribution < -0.4 is 5.73 Å². The summed E-state index contributed by atoms with van der Waals surface area (Å²) in [5.74, 6) is -2.98. The standard InChI is InChI=1S/C6H10F2N2O2/c7-6(8)1-4(9)2-10(3-6)5(11)12/h4H,1-3,9H2,(H,11,12). The van der Waals surface area contributed by atoms with Crippen LogP contribution in [0.1, 0.15) is 6.42 Å². The average Bonchev–Trinajstić information content (AvgIpc) is 1.82. The van der Waals surface area contributed by atoms with Crippen LogP contribution in [0.15, 0.2) is 0 Å². The highest BCUT2D eigenvalue weighted by Crippen LogP contribution is 2.25. The first kappa shape index (κ1) is 9.18. The molecule has 0 spiro atoms.